The number of likely N-dealkylation sites (tertiary alicyclic amines) is 1. The number of carbonyl (C=O) groups excluding carboxylic acids is 2. The molecule has 1 aromatic carbocycles. The van der Waals surface area contributed by atoms with E-state index in [0.717, 1.165) is 19.4 Å². The molecule has 1 heterocycles. The first-order valence-electron chi connectivity index (χ1n) is 7.78. The van der Waals surface area contributed by atoms with Crippen LogP contribution < -0.4 is 16.0 Å². The molecule has 0 aliphatic carbocycles. The molecule has 2 rings (SSSR count). The van der Waals surface area contributed by atoms with Crippen LogP contribution in [0.1, 0.15) is 26.2 Å². The molecule has 3 N–H and O–H groups in total. The van der Waals surface area contributed by atoms with Gasteiger partial charge < -0.3 is 20.9 Å². The first-order chi connectivity index (χ1) is 11.0. The average Bonchev–Trinajstić information content (AvgIpc) is 2.87. The van der Waals surface area contributed by atoms with E-state index < -0.39 is 11.8 Å². The van der Waals surface area contributed by atoms with Crippen LogP contribution in [-0.2, 0) is 4.79 Å². The zero-order chi connectivity index (χ0) is 16.8. The molecule has 1 fully saturated rings. The highest BCUT2D eigenvalue weighted by atomic mass is 19.1. The molecule has 1 aliphatic rings. The molecule has 7 heteroatoms. The van der Waals surface area contributed by atoms with Crippen molar-refractivity contribution in [1.29, 1.82) is 0 Å². The predicted molar refractivity (Wildman–Crippen MR) is 88.0 cm³/mol. The Morgan fingerprint density at radius 3 is 2.78 bits per heavy atom. The summed E-state index contributed by atoms with van der Waals surface area (Å²) in [6.45, 7) is 3.00. The predicted octanol–water partition coefficient (Wildman–Crippen LogP) is 2.39. The van der Waals surface area contributed by atoms with Crippen LogP contribution in [-0.4, -0.2) is 43.0 Å². The summed E-state index contributed by atoms with van der Waals surface area (Å²) in [5, 5.41) is 7.75. The molecular weight excluding hydrogens is 299 g/mol. The summed E-state index contributed by atoms with van der Waals surface area (Å²) in [6.07, 6.45) is 3.21. The van der Waals surface area contributed by atoms with Crippen LogP contribution in [0.5, 0.6) is 0 Å². The number of nitrogens with one attached hydrogen (secondary N) is 3. The van der Waals surface area contributed by atoms with E-state index in [1.165, 1.54) is 31.5 Å². The van der Waals surface area contributed by atoms with Gasteiger partial charge in [-0.3, -0.25) is 4.79 Å². The van der Waals surface area contributed by atoms with E-state index in [1.807, 2.05) is 0 Å². The van der Waals surface area contributed by atoms with Crippen molar-refractivity contribution in [3.05, 3.63) is 24.0 Å². The molecule has 1 aliphatic heterocycles. The van der Waals surface area contributed by atoms with Gasteiger partial charge in [-0.15, -0.1) is 0 Å². The van der Waals surface area contributed by atoms with Gasteiger partial charge in [0.25, 0.3) is 0 Å². The number of benzene rings is 1. The van der Waals surface area contributed by atoms with Gasteiger partial charge in [0.15, 0.2) is 0 Å². The molecule has 3 amide bonds. The highest BCUT2D eigenvalue weighted by Gasteiger charge is 2.20. The molecule has 0 radical (unpaired) electrons. The number of urea groups is 1. The number of hydrogen-bond donors (Lipinski definition) is 3. The zero-order valence-corrected chi connectivity index (χ0v) is 13.5. The molecule has 1 atom stereocenters. The number of carbonyl (C=O) groups is 2. The summed E-state index contributed by atoms with van der Waals surface area (Å²) in [6, 6.07) is 4.07. The van der Waals surface area contributed by atoms with Crippen molar-refractivity contribution in [3.63, 3.8) is 0 Å². The van der Waals surface area contributed by atoms with Crippen LogP contribution in [0.15, 0.2) is 18.2 Å². The SMILES string of the molecule is CC(=O)Nc1ccc(F)c(NC(=O)NCCC2CCCN2C)c1. The van der Waals surface area contributed by atoms with Gasteiger partial charge in [0.1, 0.15) is 5.82 Å². The van der Waals surface area contributed by atoms with E-state index >= 15 is 0 Å². The van der Waals surface area contributed by atoms with Gasteiger partial charge in [0.2, 0.25) is 5.91 Å². The molecule has 0 spiro atoms. The van der Waals surface area contributed by atoms with E-state index in [1.54, 1.807) is 0 Å². The largest absolute Gasteiger partial charge is 0.338 e. The Morgan fingerprint density at radius 1 is 1.35 bits per heavy atom. The monoisotopic (exact) mass is 322 g/mol. The minimum atomic E-state index is -0.551. The molecular formula is C16H23FN4O2. The van der Waals surface area contributed by atoms with Crippen molar-refractivity contribution in [1.82, 2.24) is 10.2 Å². The first kappa shape index (κ1) is 17.2. The van der Waals surface area contributed by atoms with E-state index in [4.69, 9.17) is 0 Å². The van der Waals surface area contributed by atoms with Crippen molar-refractivity contribution in [2.24, 2.45) is 0 Å². The molecule has 0 saturated carbocycles. The Kier molecular flexibility index (Phi) is 5.92. The summed E-state index contributed by atoms with van der Waals surface area (Å²) in [7, 11) is 2.08. The maximum atomic E-state index is 13.7. The number of hydrogen-bond acceptors (Lipinski definition) is 3. The third kappa shape index (κ3) is 5.21. The molecule has 126 valence electrons. The van der Waals surface area contributed by atoms with E-state index in [0.29, 0.717) is 18.3 Å². The Bertz CT molecular complexity index is 579. The second kappa shape index (κ2) is 7.92. The molecule has 1 unspecified atom stereocenters. The summed E-state index contributed by atoms with van der Waals surface area (Å²) in [4.78, 5) is 25.2. The van der Waals surface area contributed by atoms with Crippen molar-refractivity contribution < 1.29 is 14.0 Å². The number of halogens is 1. The third-order valence-electron chi connectivity index (χ3n) is 3.97. The Balaban J connectivity index is 1.83. The number of rotatable bonds is 5. The van der Waals surface area contributed by atoms with Crippen LogP contribution in [0.3, 0.4) is 0 Å². The Labute approximate surface area is 135 Å². The lowest BCUT2D eigenvalue weighted by molar-refractivity contribution is -0.114. The summed E-state index contributed by atoms with van der Waals surface area (Å²) < 4.78 is 13.7. The second-order valence-corrected chi connectivity index (χ2v) is 5.82. The average molecular weight is 322 g/mol. The summed E-state index contributed by atoms with van der Waals surface area (Å²) >= 11 is 0. The first-order valence-corrected chi connectivity index (χ1v) is 7.78. The highest BCUT2D eigenvalue weighted by molar-refractivity contribution is 5.92. The Morgan fingerprint density at radius 2 is 2.13 bits per heavy atom. The topological polar surface area (TPSA) is 73.5 Å². The lowest BCUT2D eigenvalue weighted by Crippen LogP contribution is -2.34. The van der Waals surface area contributed by atoms with Gasteiger partial charge in [-0.05, 0) is 51.1 Å². The van der Waals surface area contributed by atoms with Crippen LogP contribution >= 0.6 is 0 Å². The fraction of sp³-hybridized carbons (Fsp3) is 0.500. The van der Waals surface area contributed by atoms with Crippen LogP contribution in [0.25, 0.3) is 0 Å². The van der Waals surface area contributed by atoms with Crippen LogP contribution in [0.4, 0.5) is 20.6 Å². The van der Waals surface area contributed by atoms with Gasteiger partial charge in [-0.25, -0.2) is 9.18 Å². The van der Waals surface area contributed by atoms with Gasteiger partial charge in [0, 0.05) is 25.2 Å². The zero-order valence-electron chi connectivity index (χ0n) is 13.5. The molecule has 0 aromatic heterocycles. The maximum Gasteiger partial charge on any atom is 0.319 e. The van der Waals surface area contributed by atoms with Crippen molar-refractivity contribution in [2.45, 2.75) is 32.2 Å². The fourth-order valence-corrected chi connectivity index (χ4v) is 2.76. The smallest absolute Gasteiger partial charge is 0.319 e. The van der Waals surface area contributed by atoms with Gasteiger partial charge >= 0.3 is 6.03 Å². The van der Waals surface area contributed by atoms with Crippen molar-refractivity contribution >= 4 is 23.3 Å². The second-order valence-electron chi connectivity index (χ2n) is 5.82. The van der Waals surface area contributed by atoms with Gasteiger partial charge in [-0.2, -0.15) is 0 Å². The molecule has 1 aromatic rings. The van der Waals surface area contributed by atoms with Crippen molar-refractivity contribution in [3.8, 4) is 0 Å². The highest BCUT2D eigenvalue weighted by Crippen LogP contribution is 2.20. The molecule has 23 heavy (non-hydrogen) atoms. The normalized spacial score (nSPS) is 17.8. The fourth-order valence-electron chi connectivity index (χ4n) is 2.76. The van der Waals surface area contributed by atoms with Crippen LogP contribution in [0, 0.1) is 5.82 Å². The Hall–Kier alpha value is -2.15. The number of anilines is 2. The minimum Gasteiger partial charge on any atom is -0.338 e. The lowest BCUT2D eigenvalue weighted by atomic mass is 10.1. The minimum absolute atomic E-state index is 0.0340. The van der Waals surface area contributed by atoms with E-state index in [9.17, 15) is 14.0 Å². The van der Waals surface area contributed by atoms with Gasteiger partial charge in [0.05, 0.1) is 5.69 Å². The number of nitrogens with zero attached hydrogens (tertiary/aromatic N) is 1. The van der Waals surface area contributed by atoms with E-state index in [2.05, 4.69) is 27.9 Å². The molecule has 1 saturated heterocycles. The molecule has 6 nitrogen and oxygen atoms in total. The van der Waals surface area contributed by atoms with Crippen LogP contribution in [0.2, 0.25) is 0 Å². The standard InChI is InChI=1S/C16H23FN4O2/c1-11(22)19-12-5-6-14(17)15(10-12)20-16(23)18-8-7-13-4-3-9-21(13)2/h5-6,10,13H,3-4,7-9H2,1-2H3,(H,19,22)(H2,18,20,23). The summed E-state index contributed by atoms with van der Waals surface area (Å²) in [5.74, 6) is -0.808. The third-order valence-corrected chi connectivity index (χ3v) is 3.97. The number of amides is 3. The molecule has 0 bridgehead atoms. The van der Waals surface area contributed by atoms with Gasteiger partial charge in [-0.1, -0.05) is 0 Å². The summed E-state index contributed by atoms with van der Waals surface area (Å²) in [5.41, 5.74) is 0.466. The lowest BCUT2D eigenvalue weighted by Gasteiger charge is -2.19. The maximum absolute atomic E-state index is 13.7. The van der Waals surface area contributed by atoms with E-state index in [-0.39, 0.29) is 11.6 Å². The van der Waals surface area contributed by atoms with Crippen molar-refractivity contribution in [2.75, 3.05) is 30.8 Å². The quantitative estimate of drug-likeness (QED) is 0.779.